The largest absolute Gasteiger partial charge is 0.506 e. The monoisotopic (exact) mass is 899 g/mol. The summed E-state index contributed by atoms with van der Waals surface area (Å²) in [7, 11) is 0. The molecule has 17 heteroatoms. The molecule has 16 nitrogen and oxygen atoms in total. The van der Waals surface area contributed by atoms with E-state index in [1.165, 1.54) is 4.90 Å². The summed E-state index contributed by atoms with van der Waals surface area (Å²) in [6.07, 6.45) is 5.37. The van der Waals surface area contributed by atoms with E-state index in [2.05, 4.69) is 4.98 Å². The number of benzene rings is 3. The minimum atomic E-state index is -0.941. The molecule has 0 saturated carbocycles. The Morgan fingerprint density at radius 3 is 1.95 bits per heavy atom. The topological polar surface area (TPSA) is 196 Å². The Bertz CT molecular complexity index is 2320. The van der Waals surface area contributed by atoms with Crippen LogP contribution in [0.15, 0.2) is 91.4 Å². The van der Waals surface area contributed by atoms with E-state index < -0.39 is 23.5 Å². The molecule has 0 spiro atoms. The molecule has 1 unspecified atom stereocenters. The molecule has 1 aliphatic rings. The Kier molecular flexibility index (Phi) is 17.1. The zero-order valence-electron chi connectivity index (χ0n) is 36.2. The number of esters is 1. The number of rotatable bonds is 25. The number of aromatic hydroxyl groups is 1. The van der Waals surface area contributed by atoms with Crippen molar-refractivity contribution in [1.82, 2.24) is 19.7 Å². The number of ether oxygens (including phenoxy) is 7. The fourth-order valence-corrected chi connectivity index (χ4v) is 6.89. The van der Waals surface area contributed by atoms with Gasteiger partial charge in [0.25, 0.3) is 5.91 Å². The lowest BCUT2D eigenvalue weighted by atomic mass is 10.0. The van der Waals surface area contributed by atoms with Crippen LogP contribution in [-0.2, 0) is 39.8 Å². The van der Waals surface area contributed by atoms with Gasteiger partial charge < -0.3 is 48.9 Å². The van der Waals surface area contributed by atoms with E-state index in [1.54, 1.807) is 68.2 Å². The number of phenols is 1. The second-order valence-electron chi connectivity index (χ2n) is 15.7. The van der Waals surface area contributed by atoms with Gasteiger partial charge in [0, 0.05) is 48.2 Å². The number of fused-ring (bicyclic) bond motifs is 1. The number of nitrogens with zero attached hydrogens (tertiary/aromatic N) is 4. The molecule has 0 saturated heterocycles. The van der Waals surface area contributed by atoms with Gasteiger partial charge in [-0.3, -0.25) is 19.4 Å². The Morgan fingerprint density at radius 2 is 1.36 bits per heavy atom. The number of phenolic OH excluding ortho intramolecular Hbond substituents is 1. The summed E-state index contributed by atoms with van der Waals surface area (Å²) in [4.78, 5) is 43.1. The number of hydrogen-bond donors (Lipinski definition) is 2. The van der Waals surface area contributed by atoms with Gasteiger partial charge in [0.15, 0.2) is 0 Å². The second-order valence-corrected chi connectivity index (χ2v) is 16.1. The molecule has 64 heavy (non-hydrogen) atoms. The van der Waals surface area contributed by atoms with Gasteiger partial charge in [0.1, 0.15) is 47.8 Å². The Hall–Kier alpha value is -6.04. The maximum Gasteiger partial charge on any atom is 0.306 e. The highest BCUT2D eigenvalue weighted by molar-refractivity contribution is 6.32. The first-order valence-electron chi connectivity index (χ1n) is 21.0. The third-order valence-corrected chi connectivity index (χ3v) is 10.1. The number of nitrogens with two attached hydrogens (primary N) is 1. The van der Waals surface area contributed by atoms with Crippen LogP contribution in [0.5, 0.6) is 17.2 Å². The normalized spacial score (nSPS) is 12.9. The van der Waals surface area contributed by atoms with Crippen LogP contribution in [0, 0.1) is 0 Å². The Morgan fingerprint density at radius 1 is 0.766 bits per heavy atom. The Balaban J connectivity index is 0.788. The first-order chi connectivity index (χ1) is 30.9. The number of carbonyl (C=O) groups is 3. The van der Waals surface area contributed by atoms with Crippen molar-refractivity contribution in [2.75, 3.05) is 66.1 Å². The molecule has 0 radical (unpaired) electrons. The summed E-state index contributed by atoms with van der Waals surface area (Å²) in [5.41, 5.74) is 10.2. The van der Waals surface area contributed by atoms with Crippen LogP contribution < -0.4 is 15.2 Å². The standard InChI is InChI=1S/C47H54ClN5O11/c1-47(2,3)64-43(55)13-12-41(45(49)56)52-30-34-28-37(9-10-38(34)46(52)57)63-27-25-61-23-21-59-19-18-58-20-22-60-24-26-62-36-7-5-35(6-8-36)53-31-39(33-4-11-40(48)42(54)29-33)44(51-53)32-14-16-50-17-15-32/h4-11,14-17,28-29,31,41,54H,12-13,18-27,30H2,1-3H3,(H2,49,56). The van der Waals surface area contributed by atoms with Gasteiger partial charge in [-0.05, 0) is 105 Å². The van der Waals surface area contributed by atoms with Gasteiger partial charge in [-0.2, -0.15) is 5.10 Å². The minimum Gasteiger partial charge on any atom is -0.506 e. The summed E-state index contributed by atoms with van der Waals surface area (Å²) < 4.78 is 41.2. The molecule has 1 atom stereocenters. The van der Waals surface area contributed by atoms with Crippen LogP contribution in [0.2, 0.25) is 5.02 Å². The van der Waals surface area contributed by atoms with Crippen molar-refractivity contribution < 1.29 is 52.6 Å². The molecule has 5 aromatic rings. The second kappa shape index (κ2) is 23.1. The van der Waals surface area contributed by atoms with Crippen molar-refractivity contribution in [2.24, 2.45) is 5.73 Å². The average Bonchev–Trinajstić information content (AvgIpc) is 3.86. The lowest BCUT2D eigenvalue weighted by Crippen LogP contribution is -2.45. The number of hydrogen-bond acceptors (Lipinski definition) is 13. The lowest BCUT2D eigenvalue weighted by molar-refractivity contribution is -0.155. The summed E-state index contributed by atoms with van der Waals surface area (Å²) in [5, 5.41) is 15.4. The molecule has 2 amide bonds. The molecule has 2 aromatic heterocycles. The quantitative estimate of drug-likeness (QED) is 0.0482. The van der Waals surface area contributed by atoms with Gasteiger partial charge >= 0.3 is 5.97 Å². The van der Waals surface area contributed by atoms with Crippen LogP contribution in [0.3, 0.4) is 0 Å². The molecule has 1 aliphatic heterocycles. The van der Waals surface area contributed by atoms with E-state index in [-0.39, 0.29) is 36.1 Å². The molecule has 340 valence electrons. The molecule has 6 rings (SSSR count). The fourth-order valence-electron chi connectivity index (χ4n) is 6.77. The molecule has 3 aromatic carbocycles. The molecular formula is C47H54ClN5O11. The van der Waals surface area contributed by atoms with Gasteiger partial charge in [0.05, 0.1) is 63.6 Å². The predicted octanol–water partition coefficient (Wildman–Crippen LogP) is 6.42. The van der Waals surface area contributed by atoms with Crippen molar-refractivity contribution in [3.63, 3.8) is 0 Å². The van der Waals surface area contributed by atoms with E-state index in [1.807, 2.05) is 48.7 Å². The molecular weight excluding hydrogens is 846 g/mol. The maximum absolute atomic E-state index is 13.1. The molecule has 0 bridgehead atoms. The number of aromatic nitrogens is 3. The Labute approximate surface area is 377 Å². The number of amides is 2. The predicted molar refractivity (Wildman–Crippen MR) is 238 cm³/mol. The van der Waals surface area contributed by atoms with Crippen LogP contribution in [0.1, 0.15) is 49.5 Å². The van der Waals surface area contributed by atoms with E-state index in [0.717, 1.165) is 28.1 Å². The minimum absolute atomic E-state index is 0.00260. The lowest BCUT2D eigenvalue weighted by Gasteiger charge is -2.25. The summed E-state index contributed by atoms with van der Waals surface area (Å²) in [6.45, 7) is 9.31. The van der Waals surface area contributed by atoms with Gasteiger partial charge in [0.2, 0.25) is 5.91 Å². The van der Waals surface area contributed by atoms with Crippen molar-refractivity contribution in [3.8, 4) is 45.3 Å². The smallest absolute Gasteiger partial charge is 0.306 e. The van der Waals surface area contributed by atoms with E-state index >= 15 is 0 Å². The molecule has 0 fully saturated rings. The third kappa shape index (κ3) is 13.7. The van der Waals surface area contributed by atoms with Gasteiger partial charge in [-0.25, -0.2) is 4.68 Å². The highest BCUT2D eigenvalue weighted by Crippen LogP contribution is 2.36. The van der Waals surface area contributed by atoms with Crippen LogP contribution in [0.4, 0.5) is 0 Å². The van der Waals surface area contributed by atoms with E-state index in [9.17, 15) is 19.5 Å². The summed E-state index contributed by atoms with van der Waals surface area (Å²) in [5.74, 6) is -0.205. The highest BCUT2D eigenvalue weighted by Gasteiger charge is 2.36. The van der Waals surface area contributed by atoms with E-state index in [4.69, 9.17) is 55.6 Å². The van der Waals surface area contributed by atoms with Crippen molar-refractivity contribution in [2.45, 2.75) is 51.8 Å². The molecule has 3 N–H and O–H groups in total. The number of pyridine rings is 1. The molecule has 0 aliphatic carbocycles. The highest BCUT2D eigenvalue weighted by atomic mass is 35.5. The summed E-state index contributed by atoms with van der Waals surface area (Å²) in [6, 6.07) is 20.7. The van der Waals surface area contributed by atoms with Gasteiger partial charge in [-0.1, -0.05) is 17.7 Å². The van der Waals surface area contributed by atoms with Crippen molar-refractivity contribution in [3.05, 3.63) is 108 Å². The maximum atomic E-state index is 13.1. The third-order valence-electron chi connectivity index (χ3n) is 9.79. The van der Waals surface area contributed by atoms with Crippen molar-refractivity contribution in [1.29, 1.82) is 0 Å². The number of carbonyl (C=O) groups excluding carboxylic acids is 3. The molecule has 3 heterocycles. The zero-order chi connectivity index (χ0) is 45.5. The zero-order valence-corrected chi connectivity index (χ0v) is 37.0. The average molecular weight is 900 g/mol. The van der Waals surface area contributed by atoms with E-state index in [0.29, 0.717) is 88.7 Å². The first-order valence-corrected chi connectivity index (χ1v) is 21.3. The van der Waals surface area contributed by atoms with Crippen LogP contribution >= 0.6 is 11.6 Å². The summed E-state index contributed by atoms with van der Waals surface area (Å²) >= 11 is 6.06. The van der Waals surface area contributed by atoms with Gasteiger partial charge in [-0.15, -0.1) is 0 Å². The number of primary amides is 1. The SMILES string of the molecule is CC(C)(C)OC(=O)CCC(C(N)=O)N1Cc2cc(OCCOCCOCCOCCOCCOc3ccc(-n4cc(-c5ccc(Cl)c(O)c5)c(-c5ccncc5)n4)cc3)ccc2C1=O. The van der Waals surface area contributed by atoms with Crippen molar-refractivity contribution >= 4 is 29.4 Å². The van der Waals surface area contributed by atoms with Crippen LogP contribution in [-0.4, -0.2) is 120 Å². The first kappa shape index (κ1) is 47.4. The number of halogens is 1. The van der Waals surface area contributed by atoms with Crippen LogP contribution in [0.25, 0.3) is 28.1 Å². The fraction of sp³-hybridized carbons (Fsp3) is 0.383.